The van der Waals surface area contributed by atoms with Gasteiger partial charge in [0, 0.05) is 45.2 Å². The standard InChI is InChI=1S/C23H27N5O3/c1-4-5-9-20(29)28-11-10-16-15(14-28)13-26(2)23(31)21(16)22(30)25-18-7-6-8-19-17(18)12-24-27(19)3/h6-8,12-13H,4-5,9-11,14H2,1-3H3,(H,25,30). The number of nitrogens with one attached hydrogen (secondary N) is 1. The van der Waals surface area contributed by atoms with Gasteiger partial charge in [-0.05, 0) is 36.1 Å². The topological polar surface area (TPSA) is 89.2 Å². The highest BCUT2D eigenvalue weighted by Crippen LogP contribution is 2.25. The van der Waals surface area contributed by atoms with Crippen molar-refractivity contribution in [3.05, 3.63) is 57.6 Å². The monoisotopic (exact) mass is 421 g/mol. The molecule has 0 saturated heterocycles. The van der Waals surface area contributed by atoms with Gasteiger partial charge in [-0.25, -0.2) is 0 Å². The van der Waals surface area contributed by atoms with Crippen molar-refractivity contribution in [2.75, 3.05) is 11.9 Å². The fourth-order valence-corrected chi connectivity index (χ4v) is 4.19. The number of pyridine rings is 1. The number of unbranched alkanes of at least 4 members (excludes halogenated alkanes) is 1. The maximum absolute atomic E-state index is 13.2. The molecule has 8 heteroatoms. The minimum Gasteiger partial charge on any atom is -0.338 e. The number of benzene rings is 1. The molecule has 1 aromatic carbocycles. The third kappa shape index (κ3) is 3.85. The second-order valence-electron chi connectivity index (χ2n) is 8.05. The van der Waals surface area contributed by atoms with E-state index in [2.05, 4.69) is 17.3 Å². The number of fused-ring (bicyclic) bond motifs is 2. The van der Waals surface area contributed by atoms with Crippen LogP contribution in [0.3, 0.4) is 0 Å². The van der Waals surface area contributed by atoms with Gasteiger partial charge in [0.2, 0.25) is 5.91 Å². The molecule has 1 aliphatic heterocycles. The van der Waals surface area contributed by atoms with Crippen molar-refractivity contribution in [2.45, 2.75) is 39.2 Å². The van der Waals surface area contributed by atoms with Crippen molar-refractivity contribution in [3.63, 3.8) is 0 Å². The quantitative estimate of drug-likeness (QED) is 0.686. The average molecular weight is 422 g/mol. The lowest BCUT2D eigenvalue weighted by Crippen LogP contribution is -2.40. The van der Waals surface area contributed by atoms with Crippen LogP contribution in [-0.2, 0) is 31.9 Å². The summed E-state index contributed by atoms with van der Waals surface area (Å²) in [5.41, 5.74) is 2.91. The number of aryl methyl sites for hydroxylation is 2. The third-order valence-electron chi connectivity index (χ3n) is 5.93. The van der Waals surface area contributed by atoms with Gasteiger partial charge in [0.05, 0.1) is 17.4 Å². The molecule has 3 aromatic rings. The number of anilines is 1. The number of hydrogen-bond donors (Lipinski definition) is 1. The van der Waals surface area contributed by atoms with E-state index < -0.39 is 5.91 Å². The minimum absolute atomic E-state index is 0.121. The molecule has 0 atom stereocenters. The van der Waals surface area contributed by atoms with Gasteiger partial charge in [-0.2, -0.15) is 5.10 Å². The largest absolute Gasteiger partial charge is 0.338 e. The van der Waals surface area contributed by atoms with E-state index in [0.717, 1.165) is 34.9 Å². The zero-order valence-electron chi connectivity index (χ0n) is 18.1. The minimum atomic E-state index is -0.431. The van der Waals surface area contributed by atoms with Crippen LogP contribution in [0.15, 0.2) is 35.4 Å². The van der Waals surface area contributed by atoms with E-state index in [9.17, 15) is 14.4 Å². The first-order valence-corrected chi connectivity index (χ1v) is 10.6. The molecular weight excluding hydrogens is 394 g/mol. The fourth-order valence-electron chi connectivity index (χ4n) is 4.19. The lowest BCUT2D eigenvalue weighted by atomic mass is 9.95. The molecular formula is C23H27N5O3. The SMILES string of the molecule is CCCCC(=O)N1CCc2c(cn(C)c(=O)c2C(=O)Nc2cccc3c2cnn3C)C1. The summed E-state index contributed by atoms with van der Waals surface area (Å²) >= 11 is 0. The summed E-state index contributed by atoms with van der Waals surface area (Å²) in [5, 5.41) is 7.97. The molecule has 1 aliphatic rings. The lowest BCUT2D eigenvalue weighted by Gasteiger charge is -2.30. The molecule has 162 valence electrons. The van der Waals surface area contributed by atoms with Crippen LogP contribution in [0.5, 0.6) is 0 Å². The summed E-state index contributed by atoms with van der Waals surface area (Å²) in [7, 11) is 3.48. The van der Waals surface area contributed by atoms with Crippen LogP contribution >= 0.6 is 0 Å². The van der Waals surface area contributed by atoms with E-state index in [-0.39, 0.29) is 17.0 Å². The van der Waals surface area contributed by atoms with Gasteiger partial charge in [-0.1, -0.05) is 19.4 Å². The summed E-state index contributed by atoms with van der Waals surface area (Å²) in [5.74, 6) is -0.310. The zero-order valence-corrected chi connectivity index (χ0v) is 18.1. The predicted molar refractivity (Wildman–Crippen MR) is 119 cm³/mol. The van der Waals surface area contributed by atoms with Crippen LogP contribution in [0, 0.1) is 0 Å². The number of amides is 2. The second kappa shape index (κ2) is 8.37. The van der Waals surface area contributed by atoms with Gasteiger partial charge < -0.3 is 14.8 Å². The Morgan fingerprint density at radius 1 is 1.23 bits per heavy atom. The fraction of sp³-hybridized carbons (Fsp3) is 0.391. The van der Waals surface area contributed by atoms with E-state index in [1.807, 2.05) is 24.1 Å². The Kier molecular flexibility index (Phi) is 5.63. The van der Waals surface area contributed by atoms with E-state index in [1.54, 1.807) is 30.2 Å². The first-order valence-electron chi connectivity index (χ1n) is 10.6. The number of carbonyl (C=O) groups excluding carboxylic acids is 2. The average Bonchev–Trinajstić information content (AvgIpc) is 3.14. The van der Waals surface area contributed by atoms with Crippen molar-refractivity contribution in [2.24, 2.45) is 14.1 Å². The van der Waals surface area contributed by atoms with Crippen molar-refractivity contribution in [1.29, 1.82) is 0 Å². The highest BCUT2D eigenvalue weighted by atomic mass is 16.2. The maximum atomic E-state index is 13.2. The summed E-state index contributed by atoms with van der Waals surface area (Å²) < 4.78 is 3.16. The van der Waals surface area contributed by atoms with Crippen LogP contribution < -0.4 is 10.9 Å². The van der Waals surface area contributed by atoms with Gasteiger partial charge in [0.15, 0.2) is 0 Å². The number of rotatable bonds is 5. The van der Waals surface area contributed by atoms with Gasteiger partial charge in [-0.15, -0.1) is 0 Å². The van der Waals surface area contributed by atoms with Crippen LogP contribution in [-0.4, -0.2) is 37.6 Å². The lowest BCUT2D eigenvalue weighted by molar-refractivity contribution is -0.132. The summed E-state index contributed by atoms with van der Waals surface area (Å²) in [6.45, 7) is 3.00. The highest BCUT2D eigenvalue weighted by Gasteiger charge is 2.27. The molecule has 4 rings (SSSR count). The van der Waals surface area contributed by atoms with Gasteiger partial charge >= 0.3 is 0 Å². The van der Waals surface area contributed by atoms with E-state index in [4.69, 9.17) is 0 Å². The molecule has 0 aliphatic carbocycles. The molecule has 0 unspecified atom stereocenters. The Bertz CT molecular complexity index is 1220. The Hall–Kier alpha value is -3.42. The highest BCUT2D eigenvalue weighted by molar-refractivity contribution is 6.09. The second-order valence-corrected chi connectivity index (χ2v) is 8.05. The predicted octanol–water partition coefficient (Wildman–Crippen LogP) is 2.60. The number of nitrogens with zero attached hydrogens (tertiary/aromatic N) is 4. The van der Waals surface area contributed by atoms with E-state index in [1.165, 1.54) is 4.57 Å². The molecule has 0 spiro atoms. The molecule has 0 bridgehead atoms. The number of carbonyl (C=O) groups is 2. The Labute approximate surface area is 180 Å². The van der Waals surface area contributed by atoms with Crippen molar-refractivity contribution in [3.8, 4) is 0 Å². The van der Waals surface area contributed by atoms with Crippen LogP contribution in [0.2, 0.25) is 0 Å². The molecule has 0 radical (unpaired) electrons. The van der Waals surface area contributed by atoms with Crippen molar-refractivity contribution in [1.82, 2.24) is 19.2 Å². The molecule has 2 amide bonds. The Balaban J connectivity index is 1.66. The van der Waals surface area contributed by atoms with Crippen LogP contribution in [0.25, 0.3) is 10.9 Å². The molecule has 2 aromatic heterocycles. The van der Waals surface area contributed by atoms with Crippen LogP contribution in [0.1, 0.15) is 47.7 Å². The van der Waals surface area contributed by atoms with Crippen LogP contribution in [0.4, 0.5) is 5.69 Å². The molecule has 1 N–H and O–H groups in total. The summed E-state index contributed by atoms with van der Waals surface area (Å²) in [4.78, 5) is 40.4. The first kappa shape index (κ1) is 20.8. The number of aromatic nitrogens is 3. The molecule has 0 saturated carbocycles. The van der Waals surface area contributed by atoms with Gasteiger partial charge in [0.25, 0.3) is 11.5 Å². The van der Waals surface area contributed by atoms with E-state index >= 15 is 0 Å². The summed E-state index contributed by atoms with van der Waals surface area (Å²) in [6, 6.07) is 5.57. The first-order chi connectivity index (χ1) is 14.9. The molecule has 3 heterocycles. The molecule has 0 fully saturated rings. The van der Waals surface area contributed by atoms with E-state index in [0.29, 0.717) is 31.6 Å². The third-order valence-corrected chi connectivity index (χ3v) is 5.93. The van der Waals surface area contributed by atoms with Crippen molar-refractivity contribution >= 4 is 28.4 Å². The Morgan fingerprint density at radius 2 is 2.03 bits per heavy atom. The Morgan fingerprint density at radius 3 is 2.81 bits per heavy atom. The molecule has 31 heavy (non-hydrogen) atoms. The molecule has 8 nitrogen and oxygen atoms in total. The normalized spacial score (nSPS) is 13.3. The number of hydrogen-bond acceptors (Lipinski definition) is 4. The van der Waals surface area contributed by atoms with Gasteiger partial charge in [0.1, 0.15) is 5.56 Å². The van der Waals surface area contributed by atoms with Gasteiger partial charge in [-0.3, -0.25) is 19.1 Å². The maximum Gasteiger partial charge on any atom is 0.263 e. The van der Waals surface area contributed by atoms with Crippen molar-refractivity contribution < 1.29 is 9.59 Å². The smallest absolute Gasteiger partial charge is 0.263 e. The summed E-state index contributed by atoms with van der Waals surface area (Å²) in [6.07, 6.45) is 6.30. The zero-order chi connectivity index (χ0) is 22.1.